The van der Waals surface area contributed by atoms with Crippen LogP contribution in [-0.4, -0.2) is 70.7 Å². The lowest BCUT2D eigenvalue weighted by Gasteiger charge is -2.43. The molecule has 0 aromatic rings. The summed E-state index contributed by atoms with van der Waals surface area (Å²) in [5.74, 6) is 0.202. The van der Waals surface area contributed by atoms with Crippen LogP contribution in [0.1, 0.15) is 40.5 Å². The van der Waals surface area contributed by atoms with Crippen LogP contribution in [0.4, 0.5) is 0 Å². The van der Waals surface area contributed by atoms with Crippen LogP contribution in [0.15, 0.2) is 0 Å². The molecule has 0 radical (unpaired) electrons. The second kappa shape index (κ2) is 5.81. The Morgan fingerprint density at radius 2 is 2.05 bits per heavy atom. The zero-order chi connectivity index (χ0) is 16.7. The number of methoxy groups -OCH3 is 1. The van der Waals surface area contributed by atoms with Crippen molar-refractivity contribution in [1.29, 1.82) is 0 Å². The first-order chi connectivity index (χ1) is 10.2. The highest BCUT2D eigenvalue weighted by Crippen LogP contribution is 2.43. The normalized spacial score (nSPS) is 32.1. The summed E-state index contributed by atoms with van der Waals surface area (Å²) in [6.45, 7) is 8.26. The number of amides is 2. The van der Waals surface area contributed by atoms with Crippen LogP contribution in [0.3, 0.4) is 0 Å². The number of hydrogen-bond acceptors (Lipinski definition) is 4. The van der Waals surface area contributed by atoms with Gasteiger partial charge in [0, 0.05) is 33.2 Å². The quantitative estimate of drug-likeness (QED) is 0.830. The van der Waals surface area contributed by atoms with E-state index in [0.29, 0.717) is 19.5 Å². The van der Waals surface area contributed by atoms with Crippen LogP contribution in [0.5, 0.6) is 0 Å². The van der Waals surface area contributed by atoms with E-state index in [2.05, 4.69) is 0 Å². The summed E-state index contributed by atoms with van der Waals surface area (Å²) >= 11 is 0. The van der Waals surface area contributed by atoms with Crippen molar-refractivity contribution < 1.29 is 19.4 Å². The van der Waals surface area contributed by atoms with Crippen LogP contribution >= 0.6 is 0 Å². The Kier molecular flexibility index (Phi) is 4.55. The van der Waals surface area contributed by atoms with E-state index in [4.69, 9.17) is 4.74 Å². The van der Waals surface area contributed by atoms with Gasteiger partial charge < -0.3 is 19.6 Å². The number of fused-ring (bicyclic) bond motifs is 1. The number of ether oxygens (including phenoxy) is 1. The van der Waals surface area contributed by atoms with Crippen molar-refractivity contribution in [2.24, 2.45) is 5.92 Å². The average molecular weight is 312 g/mol. The number of piperidine rings is 1. The Morgan fingerprint density at radius 1 is 1.41 bits per heavy atom. The maximum Gasteiger partial charge on any atom is 0.255 e. The van der Waals surface area contributed by atoms with E-state index in [1.807, 2.05) is 16.7 Å². The molecule has 2 saturated heterocycles. The van der Waals surface area contributed by atoms with Gasteiger partial charge in [-0.15, -0.1) is 0 Å². The van der Waals surface area contributed by atoms with Crippen LogP contribution in [0.25, 0.3) is 0 Å². The third-order valence-electron chi connectivity index (χ3n) is 5.34. The molecule has 22 heavy (non-hydrogen) atoms. The standard InChI is InChI=1S/C16H28N2O4/c1-11(20)17-7-6-13-12(9-17)8-16(4,10-19)18(13)14(21)15(2,3)22-5/h12-13,19H,6-10H2,1-5H3/t12-,13-,16+/m0/s1. The Hall–Kier alpha value is -1.14. The molecule has 0 spiro atoms. The first kappa shape index (κ1) is 17.2. The summed E-state index contributed by atoms with van der Waals surface area (Å²) in [4.78, 5) is 28.2. The lowest BCUT2D eigenvalue weighted by atomic mass is 9.89. The number of rotatable bonds is 3. The highest BCUT2D eigenvalue weighted by Gasteiger charge is 2.54. The first-order valence-corrected chi connectivity index (χ1v) is 7.91. The molecule has 0 saturated carbocycles. The number of nitrogens with zero attached hydrogens (tertiary/aromatic N) is 2. The molecule has 1 N–H and O–H groups in total. The second-order valence-electron chi connectivity index (χ2n) is 7.33. The summed E-state index contributed by atoms with van der Waals surface area (Å²) < 4.78 is 5.35. The largest absolute Gasteiger partial charge is 0.394 e. The molecule has 3 atom stereocenters. The summed E-state index contributed by atoms with van der Waals surface area (Å²) in [6, 6.07) is 0.0645. The molecule has 2 aliphatic rings. The third kappa shape index (κ3) is 2.74. The predicted octanol–water partition coefficient (Wildman–Crippen LogP) is 0.632. The Morgan fingerprint density at radius 3 is 2.55 bits per heavy atom. The molecule has 0 unspecified atom stereocenters. The minimum Gasteiger partial charge on any atom is -0.394 e. The highest BCUT2D eigenvalue weighted by molar-refractivity contribution is 5.86. The summed E-state index contributed by atoms with van der Waals surface area (Å²) in [5, 5.41) is 9.89. The fourth-order valence-electron chi connectivity index (χ4n) is 3.82. The van der Waals surface area contributed by atoms with Crippen molar-refractivity contribution in [3.63, 3.8) is 0 Å². The molecule has 2 amide bonds. The van der Waals surface area contributed by atoms with Gasteiger partial charge >= 0.3 is 0 Å². The van der Waals surface area contributed by atoms with Gasteiger partial charge in [0.25, 0.3) is 5.91 Å². The van der Waals surface area contributed by atoms with Gasteiger partial charge in [-0.1, -0.05) is 0 Å². The first-order valence-electron chi connectivity index (χ1n) is 7.91. The lowest BCUT2D eigenvalue weighted by Crippen LogP contribution is -2.59. The van der Waals surface area contributed by atoms with Gasteiger partial charge in [0.05, 0.1) is 12.1 Å². The van der Waals surface area contributed by atoms with Crippen LogP contribution < -0.4 is 0 Å². The van der Waals surface area contributed by atoms with E-state index in [1.165, 1.54) is 7.11 Å². The van der Waals surface area contributed by atoms with E-state index >= 15 is 0 Å². The van der Waals surface area contributed by atoms with Crippen molar-refractivity contribution in [3.05, 3.63) is 0 Å². The summed E-state index contributed by atoms with van der Waals surface area (Å²) in [7, 11) is 1.53. The fourth-order valence-corrected chi connectivity index (χ4v) is 3.82. The van der Waals surface area contributed by atoms with Crippen molar-refractivity contribution in [2.75, 3.05) is 26.8 Å². The van der Waals surface area contributed by atoms with Crippen molar-refractivity contribution in [2.45, 2.75) is 57.7 Å². The Bertz CT molecular complexity index is 465. The maximum atomic E-state index is 13.0. The molecular weight excluding hydrogens is 284 g/mol. The molecule has 0 bridgehead atoms. The number of aliphatic hydroxyl groups is 1. The average Bonchev–Trinajstić information content (AvgIpc) is 2.77. The fraction of sp³-hybridized carbons (Fsp3) is 0.875. The SMILES string of the molecule is COC(C)(C)C(=O)N1[C@H]2CCN(C(C)=O)C[C@@H]2C[C@]1(C)CO. The van der Waals surface area contributed by atoms with E-state index < -0.39 is 11.1 Å². The smallest absolute Gasteiger partial charge is 0.255 e. The third-order valence-corrected chi connectivity index (χ3v) is 5.34. The molecule has 0 aliphatic carbocycles. The number of likely N-dealkylation sites (tertiary alicyclic amines) is 2. The molecule has 0 aromatic carbocycles. The van der Waals surface area contributed by atoms with Gasteiger partial charge in [-0.2, -0.15) is 0 Å². The highest BCUT2D eigenvalue weighted by atomic mass is 16.5. The van der Waals surface area contributed by atoms with Crippen LogP contribution in [-0.2, 0) is 14.3 Å². The molecule has 126 valence electrons. The summed E-state index contributed by atoms with van der Waals surface area (Å²) in [6.07, 6.45) is 1.47. The van der Waals surface area contributed by atoms with E-state index in [0.717, 1.165) is 6.42 Å². The maximum absolute atomic E-state index is 13.0. The van der Waals surface area contributed by atoms with Crippen molar-refractivity contribution >= 4 is 11.8 Å². The van der Waals surface area contributed by atoms with Gasteiger partial charge in [-0.25, -0.2) is 0 Å². The molecule has 2 aliphatic heterocycles. The number of carbonyl (C=O) groups is 2. The van der Waals surface area contributed by atoms with E-state index in [1.54, 1.807) is 20.8 Å². The number of aliphatic hydroxyl groups excluding tert-OH is 1. The minimum absolute atomic E-state index is 0.0645. The number of hydrogen-bond donors (Lipinski definition) is 1. The molecule has 0 aromatic heterocycles. The van der Waals surface area contributed by atoms with Gasteiger partial charge in [0.15, 0.2) is 0 Å². The van der Waals surface area contributed by atoms with E-state index in [-0.39, 0.29) is 30.4 Å². The lowest BCUT2D eigenvalue weighted by molar-refractivity contribution is -0.160. The van der Waals surface area contributed by atoms with Crippen LogP contribution in [0, 0.1) is 5.92 Å². The van der Waals surface area contributed by atoms with Gasteiger partial charge in [0.2, 0.25) is 5.91 Å². The summed E-state index contributed by atoms with van der Waals surface area (Å²) in [5.41, 5.74) is -1.50. The zero-order valence-electron chi connectivity index (χ0n) is 14.3. The molecule has 6 heteroatoms. The van der Waals surface area contributed by atoms with Crippen molar-refractivity contribution in [1.82, 2.24) is 9.80 Å². The Labute approximate surface area is 132 Å². The van der Waals surface area contributed by atoms with Crippen LogP contribution in [0.2, 0.25) is 0 Å². The number of carbonyl (C=O) groups excluding carboxylic acids is 2. The Balaban J connectivity index is 2.29. The zero-order valence-corrected chi connectivity index (χ0v) is 14.3. The van der Waals surface area contributed by atoms with Gasteiger partial charge in [0.1, 0.15) is 5.60 Å². The molecule has 2 heterocycles. The minimum atomic E-state index is -0.914. The molecule has 2 fully saturated rings. The van der Waals surface area contributed by atoms with Crippen molar-refractivity contribution in [3.8, 4) is 0 Å². The molecule has 6 nitrogen and oxygen atoms in total. The monoisotopic (exact) mass is 312 g/mol. The molecular formula is C16H28N2O4. The van der Waals surface area contributed by atoms with Gasteiger partial charge in [-0.05, 0) is 39.5 Å². The molecule has 2 rings (SSSR count). The van der Waals surface area contributed by atoms with E-state index in [9.17, 15) is 14.7 Å². The van der Waals surface area contributed by atoms with Gasteiger partial charge in [-0.3, -0.25) is 9.59 Å². The predicted molar refractivity (Wildman–Crippen MR) is 82.2 cm³/mol. The second-order valence-corrected chi connectivity index (χ2v) is 7.33. The topological polar surface area (TPSA) is 70.1 Å².